The number of unbranched alkanes of at least 4 members (excludes halogenated alkanes) is 30. The lowest BCUT2D eigenvalue weighted by Gasteiger charge is -2.23. The van der Waals surface area contributed by atoms with Crippen LogP contribution in [-0.4, -0.2) is 71.7 Å². The summed E-state index contributed by atoms with van der Waals surface area (Å²) >= 11 is 10.3. The van der Waals surface area contributed by atoms with Crippen molar-refractivity contribution in [3.8, 4) is 17.2 Å². The third kappa shape index (κ3) is 47.7. The average molecular weight is 1550 g/mol. The molecule has 28 heteroatoms. The van der Waals surface area contributed by atoms with E-state index < -0.39 is 70.8 Å². The maximum atomic E-state index is 14.0. The fourth-order valence-electron chi connectivity index (χ4n) is 10.4. The van der Waals surface area contributed by atoms with Gasteiger partial charge in [-0.2, -0.15) is 0 Å². The molecule has 2 atom stereocenters. The molecule has 104 heavy (non-hydrogen) atoms. The number of rotatable bonds is 57. The van der Waals surface area contributed by atoms with Gasteiger partial charge in [0.2, 0.25) is 0 Å². The van der Waals surface area contributed by atoms with Crippen molar-refractivity contribution < 1.29 is 83.6 Å². The van der Waals surface area contributed by atoms with E-state index in [2.05, 4.69) is 18.4 Å². The molecule has 0 fully saturated rings. The van der Waals surface area contributed by atoms with E-state index in [0.717, 1.165) is 80.6 Å². The number of aliphatic hydroxyl groups excluding tert-OH is 1. The Labute approximate surface area is 623 Å². The summed E-state index contributed by atoms with van der Waals surface area (Å²) in [5.41, 5.74) is 0.314. The molecule has 0 spiro atoms. The van der Waals surface area contributed by atoms with Crippen LogP contribution in [0.4, 0.5) is 34.6 Å². The van der Waals surface area contributed by atoms with Crippen LogP contribution < -0.4 is 13.6 Å². The molecule has 0 aliphatic heterocycles. The van der Waals surface area contributed by atoms with E-state index in [1.54, 1.807) is 0 Å². The highest BCUT2D eigenvalue weighted by Gasteiger charge is 2.33. The summed E-state index contributed by atoms with van der Waals surface area (Å²) in [6.07, 6.45) is 36.4. The van der Waals surface area contributed by atoms with Gasteiger partial charge in [-0.05, 0) is 84.6 Å². The molecule has 0 aliphatic rings. The van der Waals surface area contributed by atoms with Crippen LogP contribution in [0.25, 0.3) is 0 Å². The lowest BCUT2D eigenvalue weighted by Crippen LogP contribution is -2.26. The third-order valence-electron chi connectivity index (χ3n) is 16.2. The molecular formula is C76H113Cl2F4N3O17P2. The van der Waals surface area contributed by atoms with Crippen molar-refractivity contribution in [1.29, 1.82) is 0 Å². The van der Waals surface area contributed by atoms with Crippen LogP contribution in [0.1, 0.15) is 244 Å². The number of benzene rings is 5. The van der Waals surface area contributed by atoms with E-state index in [0.29, 0.717) is 30.9 Å². The van der Waals surface area contributed by atoms with E-state index in [9.17, 15) is 62.1 Å². The highest BCUT2D eigenvalue weighted by molar-refractivity contribution is 8.05. The van der Waals surface area contributed by atoms with Crippen LogP contribution in [0.2, 0.25) is 0 Å². The van der Waals surface area contributed by atoms with Gasteiger partial charge in [0.1, 0.15) is 29.5 Å². The van der Waals surface area contributed by atoms with Crippen LogP contribution in [0.3, 0.4) is 0 Å². The molecule has 0 bridgehead atoms. The van der Waals surface area contributed by atoms with Gasteiger partial charge in [-0.1, -0.05) is 232 Å². The molecule has 0 unspecified atom stereocenters. The molecular weight excluding hydrogens is 1440 g/mol. The molecule has 0 aromatic heterocycles. The Balaban J connectivity index is 0.000000628. The molecule has 5 rings (SSSR count). The summed E-state index contributed by atoms with van der Waals surface area (Å²) in [6, 6.07) is 21.4. The summed E-state index contributed by atoms with van der Waals surface area (Å²) < 4.78 is 123. The molecule has 1 N–H and O–H groups in total. The molecule has 0 heterocycles. The van der Waals surface area contributed by atoms with Crippen LogP contribution in [-0.2, 0) is 45.8 Å². The normalized spacial score (nSPS) is 11.8. The van der Waals surface area contributed by atoms with Gasteiger partial charge >= 0.3 is 13.9 Å². The first-order valence-electron chi connectivity index (χ1n) is 37.1. The third-order valence-corrected chi connectivity index (χ3v) is 18.4. The summed E-state index contributed by atoms with van der Waals surface area (Å²) in [4.78, 5) is 30.7. The van der Waals surface area contributed by atoms with Crippen molar-refractivity contribution in [2.45, 2.75) is 259 Å². The molecule has 20 nitrogen and oxygen atoms in total. The van der Waals surface area contributed by atoms with Crippen molar-refractivity contribution >= 4 is 53.4 Å². The predicted molar refractivity (Wildman–Crippen MR) is 403 cm³/mol. The van der Waals surface area contributed by atoms with Crippen molar-refractivity contribution in [2.75, 3.05) is 39.6 Å². The zero-order valence-electron chi connectivity index (χ0n) is 61.3. The number of hydrogen-bond acceptors (Lipinski definition) is 17. The van der Waals surface area contributed by atoms with Gasteiger partial charge in [0, 0.05) is 72.1 Å². The highest BCUT2D eigenvalue weighted by Crippen LogP contribution is 2.57. The first-order valence-corrected chi connectivity index (χ1v) is 42.0. The van der Waals surface area contributed by atoms with Crippen LogP contribution in [0.5, 0.6) is 17.2 Å². The number of phosphoric ester groups is 1. The van der Waals surface area contributed by atoms with E-state index in [4.69, 9.17) is 55.0 Å². The maximum Gasteiger partial charge on any atom is 0.587 e. The lowest BCUT2D eigenvalue weighted by atomic mass is 10.0. The molecule has 0 saturated carbocycles. The van der Waals surface area contributed by atoms with Crippen LogP contribution in [0, 0.1) is 53.6 Å². The molecule has 586 valence electrons. The molecule has 5 aromatic carbocycles. The Bertz CT molecular complexity index is 3090. The van der Waals surface area contributed by atoms with Gasteiger partial charge in [0.05, 0.1) is 54.4 Å². The monoisotopic (exact) mass is 1550 g/mol. The number of phosphoric acid groups is 1. The highest BCUT2D eigenvalue weighted by atomic mass is 35.9. The minimum Gasteiger partial charge on any atom is -0.422 e. The lowest BCUT2D eigenvalue weighted by molar-refractivity contribution is -0.385. The molecule has 0 amide bonds. The number of non-ortho nitro benzene ring substituents is 3. The number of nitro groups is 3. The fourth-order valence-corrected chi connectivity index (χ4v) is 12.5. The smallest absolute Gasteiger partial charge is 0.422 e. The van der Waals surface area contributed by atoms with E-state index in [-0.39, 0.29) is 60.7 Å². The number of hydrogen-bond donors (Lipinski definition) is 1. The minimum absolute atomic E-state index is 0.00250. The molecule has 5 aromatic rings. The second-order valence-corrected chi connectivity index (χ2v) is 30.7. The van der Waals surface area contributed by atoms with Gasteiger partial charge in [-0.25, -0.2) is 26.7 Å². The number of nitrogens with zero attached hydrogens (tertiary/aromatic N) is 3. The van der Waals surface area contributed by atoms with E-state index >= 15 is 0 Å². The zero-order chi connectivity index (χ0) is 76.5. The quantitative estimate of drug-likeness (QED) is 0.0125. The Hall–Kier alpha value is -5.78. The van der Waals surface area contributed by atoms with Crippen molar-refractivity contribution in [3.63, 3.8) is 0 Å². The van der Waals surface area contributed by atoms with Crippen molar-refractivity contribution in [1.82, 2.24) is 0 Å². The largest absolute Gasteiger partial charge is 0.587 e. The number of ether oxygens (including phenoxy) is 4. The summed E-state index contributed by atoms with van der Waals surface area (Å²) in [7, 11) is -4.57. The Morgan fingerprint density at radius 2 is 0.673 bits per heavy atom. The first kappa shape index (κ1) is 94.3. The molecule has 0 aliphatic carbocycles. The topological polar surface area (TPSA) is 258 Å². The second-order valence-electron chi connectivity index (χ2n) is 25.0. The summed E-state index contributed by atoms with van der Waals surface area (Å²) in [6.45, 7) is 9.31. The van der Waals surface area contributed by atoms with Gasteiger partial charge in [0.25, 0.3) is 17.1 Å². The number of nitro benzene ring substituents is 3. The van der Waals surface area contributed by atoms with Crippen LogP contribution >= 0.6 is 36.4 Å². The maximum absolute atomic E-state index is 14.0. The SMILES string of the molecule is CC.CCCCCCCCCCCCCCCCCCOC[C@H](CO)OCc1ccc(F)c(F)c1.CCCCCCCCCCCCCCCCCCOC[C@H](COP(=O)(Oc1ccc([N+](=O)[O-])cc1)Oc1ccc([N+](=O)[O-])cc1)OCc1ccc(F)c(F)c1.O=[N+]([O-])c1ccc(OP(=O)(Cl)Cl)cc1. The molecule has 0 saturated heterocycles. The minimum atomic E-state index is -4.57. The fraction of sp³-hybridized carbons (Fsp3) is 0.605. The molecule has 0 radical (unpaired) electrons. The Kier molecular flexibility index (Phi) is 53.8. The van der Waals surface area contributed by atoms with E-state index in [1.165, 1.54) is 234 Å². The van der Waals surface area contributed by atoms with Gasteiger partial charge in [0.15, 0.2) is 23.3 Å². The van der Waals surface area contributed by atoms with Gasteiger partial charge in [-0.3, -0.25) is 34.9 Å². The predicted octanol–water partition coefficient (Wildman–Crippen LogP) is 24.9. The van der Waals surface area contributed by atoms with Crippen LogP contribution in [0.15, 0.2) is 109 Å². The Morgan fingerprint density at radius 1 is 0.394 bits per heavy atom. The first-order chi connectivity index (χ1) is 50.1. The number of aliphatic hydroxyl groups is 1. The zero-order valence-corrected chi connectivity index (χ0v) is 64.6. The standard InChI is InChI=1S/C40H55F2N2O10P.C28H48F2O3.C6H4Cl2NO4P.C2H6/c1-2-3-4-5-6-7-8-9-10-11-12-13-14-15-16-17-28-50-31-38(51-30-33-18-27-39(41)40(42)29-33)32-52-55(49,53-36-23-19-34(20-24-36)43(45)46)54-37-25-21-35(22-26-37)44(47)48;1-2-3-4-5-6-7-8-9-10-11-12-13-14-15-16-17-20-32-24-26(22-31)33-23-25-18-19-27(29)28(30)21-25;7-14(8,12)13-6-3-1-5(2-4-6)9(10)11;1-2/h18-27,29,38H,2-17,28,30-32H2,1H3;18-19,21,26,31H,2-17,20,22-24H2,1H3;1-4H;1-2H3/t38-;26-;;/m10../s1. The average Bonchev–Trinajstić information content (AvgIpc) is 0.832. The van der Waals surface area contributed by atoms with Crippen molar-refractivity contribution in [2.24, 2.45) is 0 Å². The summed E-state index contributed by atoms with van der Waals surface area (Å²) in [5.74, 6) is -3.84. The van der Waals surface area contributed by atoms with Crippen molar-refractivity contribution in [3.05, 3.63) is 174 Å². The number of halogens is 6. The van der Waals surface area contributed by atoms with E-state index in [1.807, 2.05) is 13.8 Å². The second kappa shape index (κ2) is 59.3. The Morgan fingerprint density at radius 3 is 0.952 bits per heavy atom. The van der Waals surface area contributed by atoms with Gasteiger partial charge in [-0.15, -0.1) is 0 Å². The van der Waals surface area contributed by atoms with Gasteiger partial charge < -0.3 is 37.6 Å². The summed E-state index contributed by atoms with van der Waals surface area (Å²) in [5, 5.41) is 41.9.